The molecule has 0 saturated carbocycles. The van der Waals surface area contributed by atoms with Crippen LogP contribution in [0.2, 0.25) is 0 Å². The SMILES string of the molecule is Cc1cc(I)ccc1NCc1cnccn1. The first-order chi connectivity index (χ1) is 7.75. The molecule has 0 aliphatic heterocycles. The van der Waals surface area contributed by atoms with Gasteiger partial charge < -0.3 is 5.32 Å². The minimum Gasteiger partial charge on any atom is -0.379 e. The maximum Gasteiger partial charge on any atom is 0.0777 e. The van der Waals surface area contributed by atoms with Crippen LogP contribution in [0.3, 0.4) is 0 Å². The average Bonchev–Trinajstić information content (AvgIpc) is 2.29. The maximum atomic E-state index is 4.21. The van der Waals surface area contributed by atoms with E-state index in [4.69, 9.17) is 0 Å². The molecule has 2 rings (SSSR count). The van der Waals surface area contributed by atoms with Gasteiger partial charge in [0.05, 0.1) is 18.4 Å². The molecule has 0 bridgehead atoms. The molecule has 2 aromatic rings. The average molecular weight is 325 g/mol. The monoisotopic (exact) mass is 325 g/mol. The number of aromatic nitrogens is 2. The van der Waals surface area contributed by atoms with Crippen LogP contribution in [-0.2, 0) is 6.54 Å². The third kappa shape index (κ3) is 2.91. The van der Waals surface area contributed by atoms with E-state index in [-0.39, 0.29) is 0 Å². The lowest BCUT2D eigenvalue weighted by Crippen LogP contribution is -2.03. The number of nitrogens with one attached hydrogen (secondary N) is 1. The van der Waals surface area contributed by atoms with E-state index in [1.165, 1.54) is 9.13 Å². The van der Waals surface area contributed by atoms with Gasteiger partial charge in [0.15, 0.2) is 0 Å². The number of nitrogens with zero attached hydrogens (tertiary/aromatic N) is 2. The van der Waals surface area contributed by atoms with E-state index in [0.29, 0.717) is 6.54 Å². The van der Waals surface area contributed by atoms with Crippen LogP contribution in [0.15, 0.2) is 36.8 Å². The molecular formula is C12H12IN3. The maximum absolute atomic E-state index is 4.21. The minimum absolute atomic E-state index is 0.704. The van der Waals surface area contributed by atoms with E-state index in [1.807, 2.05) is 0 Å². The van der Waals surface area contributed by atoms with Gasteiger partial charge in [-0.05, 0) is 53.3 Å². The van der Waals surface area contributed by atoms with Crippen molar-refractivity contribution >= 4 is 28.3 Å². The molecule has 0 aliphatic rings. The molecule has 3 nitrogen and oxygen atoms in total. The highest BCUT2D eigenvalue weighted by Gasteiger charge is 1.99. The number of anilines is 1. The molecule has 0 atom stereocenters. The summed E-state index contributed by atoms with van der Waals surface area (Å²) in [6, 6.07) is 6.33. The van der Waals surface area contributed by atoms with Crippen molar-refractivity contribution in [3.8, 4) is 0 Å². The van der Waals surface area contributed by atoms with Crippen molar-refractivity contribution in [2.45, 2.75) is 13.5 Å². The van der Waals surface area contributed by atoms with Crippen molar-refractivity contribution in [1.82, 2.24) is 9.97 Å². The van der Waals surface area contributed by atoms with Gasteiger partial charge in [-0.2, -0.15) is 0 Å². The number of rotatable bonds is 3. The van der Waals surface area contributed by atoms with Gasteiger partial charge in [-0.1, -0.05) is 0 Å². The summed E-state index contributed by atoms with van der Waals surface area (Å²) in [6.07, 6.45) is 5.16. The van der Waals surface area contributed by atoms with Crippen LogP contribution in [0, 0.1) is 10.5 Å². The van der Waals surface area contributed by atoms with Crippen molar-refractivity contribution in [3.05, 3.63) is 51.6 Å². The first-order valence-electron chi connectivity index (χ1n) is 5.00. The zero-order valence-electron chi connectivity index (χ0n) is 8.94. The van der Waals surface area contributed by atoms with Gasteiger partial charge in [-0.15, -0.1) is 0 Å². The summed E-state index contributed by atoms with van der Waals surface area (Å²) < 4.78 is 1.25. The highest BCUT2D eigenvalue weighted by atomic mass is 127. The Labute approximate surface area is 108 Å². The molecule has 82 valence electrons. The Kier molecular flexibility index (Phi) is 3.71. The number of hydrogen-bond acceptors (Lipinski definition) is 3. The van der Waals surface area contributed by atoms with Gasteiger partial charge in [0, 0.05) is 21.7 Å². The van der Waals surface area contributed by atoms with Gasteiger partial charge in [0.1, 0.15) is 0 Å². The third-order valence-electron chi connectivity index (χ3n) is 2.27. The zero-order chi connectivity index (χ0) is 11.4. The van der Waals surface area contributed by atoms with E-state index in [1.54, 1.807) is 18.6 Å². The summed E-state index contributed by atoms with van der Waals surface area (Å²) in [4.78, 5) is 8.24. The Hall–Kier alpha value is -1.17. The van der Waals surface area contributed by atoms with E-state index >= 15 is 0 Å². The second-order valence-corrected chi connectivity index (χ2v) is 4.76. The van der Waals surface area contributed by atoms with E-state index in [9.17, 15) is 0 Å². The molecule has 0 aliphatic carbocycles. The van der Waals surface area contributed by atoms with Gasteiger partial charge in [-0.25, -0.2) is 0 Å². The van der Waals surface area contributed by atoms with Crippen molar-refractivity contribution in [1.29, 1.82) is 0 Å². The Morgan fingerprint density at radius 3 is 2.88 bits per heavy atom. The fraction of sp³-hybridized carbons (Fsp3) is 0.167. The molecule has 1 aromatic carbocycles. The predicted molar refractivity (Wildman–Crippen MR) is 73.3 cm³/mol. The van der Waals surface area contributed by atoms with Crippen LogP contribution >= 0.6 is 22.6 Å². The summed E-state index contributed by atoms with van der Waals surface area (Å²) in [5, 5.41) is 3.35. The summed E-state index contributed by atoms with van der Waals surface area (Å²) in [7, 11) is 0. The molecule has 1 heterocycles. The molecule has 16 heavy (non-hydrogen) atoms. The lowest BCUT2D eigenvalue weighted by atomic mass is 10.2. The smallest absolute Gasteiger partial charge is 0.0777 e. The highest BCUT2D eigenvalue weighted by Crippen LogP contribution is 2.18. The molecule has 1 N–H and O–H groups in total. The van der Waals surface area contributed by atoms with Crippen LogP contribution in [0.25, 0.3) is 0 Å². The van der Waals surface area contributed by atoms with E-state index in [2.05, 4.69) is 63.0 Å². The number of hydrogen-bond donors (Lipinski definition) is 1. The molecule has 0 spiro atoms. The van der Waals surface area contributed by atoms with E-state index < -0.39 is 0 Å². The second-order valence-electron chi connectivity index (χ2n) is 3.51. The Morgan fingerprint density at radius 2 is 2.19 bits per heavy atom. The first kappa shape index (κ1) is 11.3. The summed E-state index contributed by atoms with van der Waals surface area (Å²) in [5.74, 6) is 0. The summed E-state index contributed by atoms with van der Waals surface area (Å²) >= 11 is 2.31. The molecule has 0 fully saturated rings. The van der Waals surface area contributed by atoms with Gasteiger partial charge in [0.2, 0.25) is 0 Å². The Bertz CT molecular complexity index is 471. The Balaban J connectivity index is 2.05. The predicted octanol–water partition coefficient (Wildman–Crippen LogP) is 3.00. The molecule has 0 amide bonds. The normalized spacial score (nSPS) is 10.1. The largest absolute Gasteiger partial charge is 0.379 e. The standard InChI is InChI=1S/C12H12IN3/c1-9-6-10(13)2-3-12(9)16-8-11-7-14-4-5-15-11/h2-7,16H,8H2,1H3. The van der Waals surface area contributed by atoms with Crippen LogP contribution in [0.4, 0.5) is 5.69 Å². The Morgan fingerprint density at radius 1 is 1.31 bits per heavy atom. The minimum atomic E-state index is 0.704. The second kappa shape index (κ2) is 5.25. The van der Waals surface area contributed by atoms with Crippen molar-refractivity contribution in [2.75, 3.05) is 5.32 Å². The molecular weight excluding hydrogens is 313 g/mol. The third-order valence-corrected chi connectivity index (χ3v) is 2.94. The summed E-state index contributed by atoms with van der Waals surface area (Å²) in [5.41, 5.74) is 3.34. The van der Waals surface area contributed by atoms with Crippen LogP contribution in [-0.4, -0.2) is 9.97 Å². The van der Waals surface area contributed by atoms with Crippen molar-refractivity contribution < 1.29 is 0 Å². The van der Waals surface area contributed by atoms with Crippen molar-refractivity contribution in [3.63, 3.8) is 0 Å². The number of halogens is 1. The molecule has 0 saturated heterocycles. The van der Waals surface area contributed by atoms with Crippen LogP contribution in [0.1, 0.15) is 11.3 Å². The van der Waals surface area contributed by atoms with Crippen LogP contribution in [0.5, 0.6) is 0 Å². The fourth-order valence-corrected chi connectivity index (χ4v) is 2.08. The quantitative estimate of drug-likeness (QED) is 0.882. The number of benzene rings is 1. The van der Waals surface area contributed by atoms with Gasteiger partial charge in [0.25, 0.3) is 0 Å². The van der Waals surface area contributed by atoms with E-state index in [0.717, 1.165) is 11.4 Å². The van der Waals surface area contributed by atoms with Crippen molar-refractivity contribution in [2.24, 2.45) is 0 Å². The lowest BCUT2D eigenvalue weighted by Gasteiger charge is -2.09. The van der Waals surface area contributed by atoms with Crippen LogP contribution < -0.4 is 5.32 Å². The summed E-state index contributed by atoms with van der Waals surface area (Å²) in [6.45, 7) is 2.80. The number of aryl methyl sites for hydroxylation is 1. The first-order valence-corrected chi connectivity index (χ1v) is 6.08. The lowest BCUT2D eigenvalue weighted by molar-refractivity contribution is 1.01. The zero-order valence-corrected chi connectivity index (χ0v) is 11.1. The fourth-order valence-electron chi connectivity index (χ4n) is 1.43. The topological polar surface area (TPSA) is 37.8 Å². The molecule has 0 unspecified atom stereocenters. The molecule has 0 radical (unpaired) electrons. The molecule has 1 aromatic heterocycles. The van der Waals surface area contributed by atoms with Gasteiger partial charge in [-0.3, -0.25) is 9.97 Å². The highest BCUT2D eigenvalue weighted by molar-refractivity contribution is 14.1. The van der Waals surface area contributed by atoms with Gasteiger partial charge >= 0.3 is 0 Å². The molecule has 4 heteroatoms.